The van der Waals surface area contributed by atoms with E-state index in [0.717, 1.165) is 0 Å². The lowest BCUT2D eigenvalue weighted by Gasteiger charge is -2.18. The minimum absolute atomic E-state index is 0.0484. The van der Waals surface area contributed by atoms with Crippen molar-refractivity contribution in [3.63, 3.8) is 0 Å². The van der Waals surface area contributed by atoms with Crippen molar-refractivity contribution in [1.82, 2.24) is 10.3 Å². The van der Waals surface area contributed by atoms with E-state index in [1.54, 1.807) is 48.5 Å². The van der Waals surface area contributed by atoms with Crippen LogP contribution in [0.3, 0.4) is 0 Å². The van der Waals surface area contributed by atoms with Gasteiger partial charge in [-0.25, -0.2) is 4.79 Å². The summed E-state index contributed by atoms with van der Waals surface area (Å²) in [4.78, 5) is 39.7. The van der Waals surface area contributed by atoms with E-state index in [2.05, 4.69) is 10.3 Å². The molecule has 8 heteroatoms. The molecule has 0 radical (unpaired) electrons. The quantitative estimate of drug-likeness (QED) is 0.491. The molecule has 0 fully saturated rings. The Hall–Kier alpha value is -3.71. The van der Waals surface area contributed by atoms with Crippen molar-refractivity contribution >= 4 is 29.4 Å². The van der Waals surface area contributed by atoms with Gasteiger partial charge in [0.15, 0.2) is 0 Å². The fourth-order valence-corrected chi connectivity index (χ4v) is 3.43. The van der Waals surface area contributed by atoms with Crippen LogP contribution in [0.5, 0.6) is 0 Å². The number of aromatic carboxylic acids is 1. The second-order valence-electron chi connectivity index (χ2n) is 6.84. The highest BCUT2D eigenvalue weighted by atomic mass is 35.5. The van der Waals surface area contributed by atoms with Gasteiger partial charge in [-0.1, -0.05) is 48.0 Å². The van der Waals surface area contributed by atoms with E-state index in [-0.39, 0.29) is 24.1 Å². The highest BCUT2D eigenvalue weighted by Crippen LogP contribution is 2.24. The fraction of sp³-hybridized carbons (Fsp3) is 0.130. The number of carboxylic acids is 2. The highest BCUT2D eigenvalue weighted by molar-refractivity contribution is 6.31. The summed E-state index contributed by atoms with van der Waals surface area (Å²) in [7, 11) is 0. The minimum Gasteiger partial charge on any atom is -0.481 e. The van der Waals surface area contributed by atoms with Crippen LogP contribution in [-0.2, 0) is 11.2 Å². The molecule has 0 spiro atoms. The molecule has 1 heterocycles. The van der Waals surface area contributed by atoms with Crippen molar-refractivity contribution in [3.8, 4) is 11.1 Å². The summed E-state index contributed by atoms with van der Waals surface area (Å²) in [6.45, 7) is 0. The fourth-order valence-electron chi connectivity index (χ4n) is 3.22. The summed E-state index contributed by atoms with van der Waals surface area (Å²) in [5, 5.41) is 21.8. The number of hydrogen-bond donors (Lipinski definition) is 3. The van der Waals surface area contributed by atoms with Gasteiger partial charge in [0.05, 0.1) is 12.0 Å². The maximum Gasteiger partial charge on any atom is 0.336 e. The number of aliphatic carboxylic acids is 1. The van der Waals surface area contributed by atoms with Gasteiger partial charge in [-0.3, -0.25) is 14.6 Å². The number of carboxylic acid groups (broad SMARTS) is 2. The van der Waals surface area contributed by atoms with Gasteiger partial charge in [0.2, 0.25) is 0 Å². The number of aromatic nitrogens is 1. The lowest BCUT2D eigenvalue weighted by Crippen LogP contribution is -2.38. The first-order valence-electron chi connectivity index (χ1n) is 9.40. The highest BCUT2D eigenvalue weighted by Gasteiger charge is 2.20. The third-order valence-corrected chi connectivity index (χ3v) is 5.01. The molecule has 3 N–H and O–H groups in total. The number of nitrogens with zero attached hydrogens (tertiary/aromatic N) is 1. The molecule has 7 nitrogen and oxygen atoms in total. The van der Waals surface area contributed by atoms with Crippen LogP contribution in [0.4, 0.5) is 0 Å². The summed E-state index contributed by atoms with van der Waals surface area (Å²) >= 11 is 6.17. The van der Waals surface area contributed by atoms with Crippen molar-refractivity contribution in [2.24, 2.45) is 0 Å². The number of halogens is 1. The largest absolute Gasteiger partial charge is 0.481 e. The van der Waals surface area contributed by atoms with Gasteiger partial charge in [-0.05, 0) is 47.4 Å². The van der Waals surface area contributed by atoms with Gasteiger partial charge < -0.3 is 15.5 Å². The average Bonchev–Trinajstić information content (AvgIpc) is 2.75. The smallest absolute Gasteiger partial charge is 0.336 e. The van der Waals surface area contributed by atoms with Gasteiger partial charge in [-0.15, -0.1) is 0 Å². The Labute approximate surface area is 183 Å². The normalized spacial score (nSPS) is 11.5. The number of nitrogens with one attached hydrogen (secondary N) is 1. The molecule has 158 valence electrons. The van der Waals surface area contributed by atoms with E-state index in [9.17, 15) is 24.6 Å². The summed E-state index contributed by atoms with van der Waals surface area (Å²) in [5.74, 6) is -2.71. The van der Waals surface area contributed by atoms with Crippen molar-refractivity contribution in [1.29, 1.82) is 0 Å². The molecule has 1 atom stereocenters. The second-order valence-corrected chi connectivity index (χ2v) is 7.25. The van der Waals surface area contributed by atoms with Crippen LogP contribution >= 0.6 is 11.6 Å². The SMILES string of the molecule is O=C(O)C[C@@H](Cc1ccccc1Cl)NC(=O)c1cc(-c2ccccc2C(=O)O)ccn1. The van der Waals surface area contributed by atoms with Crippen molar-refractivity contribution in [2.75, 3.05) is 0 Å². The van der Waals surface area contributed by atoms with E-state index >= 15 is 0 Å². The first kappa shape index (κ1) is 22.0. The van der Waals surface area contributed by atoms with Crippen LogP contribution in [0, 0.1) is 0 Å². The van der Waals surface area contributed by atoms with E-state index in [4.69, 9.17) is 11.6 Å². The molecular weight excluding hydrogens is 420 g/mol. The molecular formula is C23H19ClN2O5. The molecule has 0 bridgehead atoms. The molecule has 1 aromatic heterocycles. The number of benzene rings is 2. The van der Waals surface area contributed by atoms with Crippen LogP contribution in [0.25, 0.3) is 11.1 Å². The Morgan fingerprint density at radius 3 is 2.42 bits per heavy atom. The Morgan fingerprint density at radius 1 is 1.00 bits per heavy atom. The molecule has 0 aliphatic carbocycles. The van der Waals surface area contributed by atoms with Gasteiger partial charge >= 0.3 is 11.9 Å². The molecule has 0 saturated heterocycles. The minimum atomic E-state index is -1.08. The van der Waals surface area contributed by atoms with E-state index < -0.39 is 23.9 Å². The first-order chi connectivity index (χ1) is 14.8. The second kappa shape index (κ2) is 9.86. The number of carbonyl (C=O) groups excluding carboxylic acids is 1. The Kier molecular flexibility index (Phi) is 6.99. The molecule has 0 aliphatic rings. The maximum absolute atomic E-state index is 12.8. The molecule has 1 amide bonds. The Morgan fingerprint density at radius 2 is 1.71 bits per heavy atom. The van der Waals surface area contributed by atoms with Crippen LogP contribution in [-0.4, -0.2) is 39.1 Å². The summed E-state index contributed by atoms with van der Waals surface area (Å²) in [6.07, 6.45) is 1.35. The van der Waals surface area contributed by atoms with Gasteiger partial charge in [-0.2, -0.15) is 0 Å². The lowest BCUT2D eigenvalue weighted by molar-refractivity contribution is -0.137. The lowest BCUT2D eigenvalue weighted by atomic mass is 9.99. The van der Waals surface area contributed by atoms with Gasteiger partial charge in [0, 0.05) is 17.3 Å². The monoisotopic (exact) mass is 438 g/mol. The number of carbonyl (C=O) groups is 3. The molecule has 0 unspecified atom stereocenters. The summed E-state index contributed by atoms with van der Waals surface area (Å²) in [5.41, 5.74) is 1.83. The summed E-state index contributed by atoms with van der Waals surface area (Å²) in [6, 6.07) is 15.8. The van der Waals surface area contributed by atoms with Crippen LogP contribution in [0.2, 0.25) is 5.02 Å². The Bertz CT molecular complexity index is 1130. The van der Waals surface area contributed by atoms with Gasteiger partial charge in [0.25, 0.3) is 5.91 Å². The van der Waals surface area contributed by atoms with Crippen molar-refractivity contribution in [3.05, 3.63) is 88.7 Å². The summed E-state index contributed by atoms with van der Waals surface area (Å²) < 4.78 is 0. The molecule has 2 aromatic carbocycles. The van der Waals surface area contributed by atoms with Gasteiger partial charge in [0.1, 0.15) is 5.69 Å². The maximum atomic E-state index is 12.8. The zero-order valence-electron chi connectivity index (χ0n) is 16.3. The topological polar surface area (TPSA) is 117 Å². The third kappa shape index (κ3) is 5.67. The number of amides is 1. The first-order valence-corrected chi connectivity index (χ1v) is 9.77. The van der Waals surface area contributed by atoms with Crippen LogP contribution < -0.4 is 5.32 Å². The molecule has 3 aromatic rings. The number of rotatable bonds is 8. The number of pyridine rings is 1. The van der Waals surface area contributed by atoms with Crippen molar-refractivity contribution < 1.29 is 24.6 Å². The third-order valence-electron chi connectivity index (χ3n) is 4.64. The Balaban J connectivity index is 1.84. The van der Waals surface area contributed by atoms with E-state index in [1.807, 2.05) is 0 Å². The molecule has 0 aliphatic heterocycles. The zero-order valence-corrected chi connectivity index (χ0v) is 17.0. The zero-order chi connectivity index (χ0) is 22.4. The molecule has 3 rings (SSSR count). The average molecular weight is 439 g/mol. The molecule has 31 heavy (non-hydrogen) atoms. The predicted molar refractivity (Wildman–Crippen MR) is 115 cm³/mol. The standard InChI is InChI=1S/C23H19ClN2O5/c24-19-8-4-1-5-15(19)11-16(13-21(27)28)26-22(29)20-12-14(9-10-25-20)17-6-2-3-7-18(17)23(30)31/h1-10,12,16H,11,13H2,(H,26,29)(H,27,28)(H,30,31)/t16-/m1/s1. The van der Waals surface area contributed by atoms with E-state index in [0.29, 0.717) is 21.7 Å². The number of hydrogen-bond acceptors (Lipinski definition) is 4. The van der Waals surface area contributed by atoms with E-state index in [1.165, 1.54) is 18.3 Å². The van der Waals surface area contributed by atoms with Crippen molar-refractivity contribution in [2.45, 2.75) is 18.9 Å². The predicted octanol–water partition coefficient (Wildman–Crippen LogP) is 3.92. The molecule has 0 saturated carbocycles. The van der Waals surface area contributed by atoms with Crippen LogP contribution in [0.15, 0.2) is 66.9 Å². The van der Waals surface area contributed by atoms with Crippen LogP contribution in [0.1, 0.15) is 32.8 Å².